The molecule has 1 aromatic rings. The number of carboxylic acid groups (broad SMARTS) is 1. The number of rotatable bonds is 4. The van der Waals surface area contributed by atoms with Crippen molar-refractivity contribution in [2.45, 2.75) is 25.0 Å². The first-order chi connectivity index (χ1) is 12.1. The number of hydrogen-bond acceptors (Lipinski definition) is 5. The van der Waals surface area contributed by atoms with Crippen molar-refractivity contribution in [3.63, 3.8) is 0 Å². The predicted octanol–water partition coefficient (Wildman–Crippen LogP) is 0.730. The van der Waals surface area contributed by atoms with E-state index in [-0.39, 0.29) is 19.1 Å². The van der Waals surface area contributed by atoms with Gasteiger partial charge in [0.15, 0.2) is 6.04 Å². The van der Waals surface area contributed by atoms with Crippen molar-refractivity contribution in [2.75, 3.05) is 31.7 Å². The van der Waals surface area contributed by atoms with Crippen LogP contribution in [0.2, 0.25) is 0 Å². The van der Waals surface area contributed by atoms with Crippen LogP contribution in [-0.4, -0.2) is 66.3 Å². The third kappa shape index (κ3) is 3.97. The van der Waals surface area contributed by atoms with Gasteiger partial charge in [0.05, 0.1) is 13.2 Å². The number of ether oxygens (including phenoxy) is 2. The third-order valence-electron chi connectivity index (χ3n) is 4.27. The maximum absolute atomic E-state index is 12.7. The van der Waals surface area contributed by atoms with Crippen LogP contribution in [0.25, 0.3) is 0 Å². The van der Waals surface area contributed by atoms with Gasteiger partial charge < -0.3 is 24.8 Å². The van der Waals surface area contributed by atoms with Crippen LogP contribution in [0.15, 0.2) is 24.3 Å². The van der Waals surface area contributed by atoms with E-state index in [9.17, 15) is 19.5 Å². The molecule has 0 aromatic heterocycles. The van der Waals surface area contributed by atoms with Crippen LogP contribution >= 0.6 is 0 Å². The van der Waals surface area contributed by atoms with Crippen molar-refractivity contribution in [1.29, 1.82) is 0 Å². The summed E-state index contributed by atoms with van der Waals surface area (Å²) in [5.74, 6) is -1.74. The highest BCUT2D eigenvalue weighted by molar-refractivity contribution is 5.99. The Hall–Kier alpha value is -2.45. The van der Waals surface area contributed by atoms with Gasteiger partial charge in [-0.15, -0.1) is 0 Å². The second kappa shape index (κ2) is 7.62. The predicted molar refractivity (Wildman–Crippen MR) is 87.3 cm³/mol. The van der Waals surface area contributed by atoms with Crippen LogP contribution in [-0.2, 0) is 19.1 Å². The molecule has 25 heavy (non-hydrogen) atoms. The second-order valence-corrected chi connectivity index (χ2v) is 6.00. The number of nitrogens with one attached hydrogen (secondary N) is 1. The Morgan fingerprint density at radius 3 is 2.80 bits per heavy atom. The van der Waals surface area contributed by atoms with E-state index in [0.717, 1.165) is 6.42 Å². The normalized spacial score (nSPS) is 23.3. The molecule has 8 heteroatoms. The highest BCUT2D eigenvalue weighted by Gasteiger charge is 2.33. The fourth-order valence-corrected chi connectivity index (χ4v) is 2.95. The molecule has 0 aliphatic carbocycles. The molecule has 2 aliphatic heterocycles. The molecule has 1 aromatic carbocycles. The molecule has 0 bridgehead atoms. The standard InChI is InChI=1S/C17H20N2O6/c20-15(14-5-2-7-25-14)18-12-4-1-3-11(9-12)16(21)19-6-8-24-10-13(19)17(22)23/h1,3-4,9,13-14H,2,5-8,10H2,(H,18,20)(H,22,23). The molecule has 2 saturated heterocycles. The molecule has 2 heterocycles. The SMILES string of the molecule is O=C(Nc1cccc(C(=O)N2CCOCC2C(=O)O)c1)C1CCCO1. The molecular weight excluding hydrogens is 328 g/mol. The molecule has 134 valence electrons. The summed E-state index contributed by atoms with van der Waals surface area (Å²) in [7, 11) is 0. The zero-order valence-electron chi connectivity index (χ0n) is 13.6. The van der Waals surface area contributed by atoms with Crippen molar-refractivity contribution in [3.8, 4) is 0 Å². The molecule has 0 radical (unpaired) electrons. The Kier molecular flexibility index (Phi) is 5.30. The number of anilines is 1. The maximum Gasteiger partial charge on any atom is 0.328 e. The number of carbonyl (C=O) groups is 3. The van der Waals surface area contributed by atoms with E-state index in [2.05, 4.69) is 5.32 Å². The van der Waals surface area contributed by atoms with Crippen molar-refractivity contribution >= 4 is 23.5 Å². The first-order valence-corrected chi connectivity index (χ1v) is 8.20. The minimum absolute atomic E-state index is 0.0312. The van der Waals surface area contributed by atoms with Gasteiger partial charge in [-0.2, -0.15) is 0 Å². The zero-order valence-corrected chi connectivity index (χ0v) is 13.6. The van der Waals surface area contributed by atoms with Crippen molar-refractivity contribution in [2.24, 2.45) is 0 Å². The highest BCUT2D eigenvalue weighted by atomic mass is 16.5. The number of aliphatic carboxylic acids is 1. The summed E-state index contributed by atoms with van der Waals surface area (Å²) in [6, 6.07) is 5.46. The topological polar surface area (TPSA) is 105 Å². The molecule has 0 spiro atoms. The molecule has 0 saturated carbocycles. The molecule has 2 N–H and O–H groups in total. The zero-order chi connectivity index (χ0) is 17.8. The molecule has 2 amide bonds. The van der Waals surface area contributed by atoms with Gasteiger partial charge in [0.1, 0.15) is 6.10 Å². The number of carbonyl (C=O) groups excluding carboxylic acids is 2. The number of benzene rings is 1. The van der Waals surface area contributed by atoms with E-state index >= 15 is 0 Å². The first kappa shape index (κ1) is 17.4. The van der Waals surface area contributed by atoms with Gasteiger partial charge in [-0.05, 0) is 31.0 Å². The van der Waals surface area contributed by atoms with Crippen LogP contribution in [0.5, 0.6) is 0 Å². The van der Waals surface area contributed by atoms with Crippen molar-refractivity contribution in [1.82, 2.24) is 4.90 Å². The van der Waals surface area contributed by atoms with Gasteiger partial charge in [0.2, 0.25) is 0 Å². The smallest absolute Gasteiger partial charge is 0.328 e. The molecule has 2 aliphatic rings. The van der Waals surface area contributed by atoms with E-state index in [1.54, 1.807) is 24.3 Å². The van der Waals surface area contributed by atoms with Crippen LogP contribution in [0, 0.1) is 0 Å². The van der Waals surface area contributed by atoms with E-state index in [1.807, 2.05) is 0 Å². The Balaban J connectivity index is 1.72. The first-order valence-electron chi connectivity index (χ1n) is 8.20. The molecule has 2 atom stereocenters. The average Bonchev–Trinajstić information content (AvgIpc) is 3.16. The molecule has 2 fully saturated rings. The molecule has 8 nitrogen and oxygen atoms in total. The third-order valence-corrected chi connectivity index (χ3v) is 4.27. The second-order valence-electron chi connectivity index (χ2n) is 6.00. The van der Waals surface area contributed by atoms with E-state index in [0.29, 0.717) is 30.9 Å². The summed E-state index contributed by atoms with van der Waals surface area (Å²) in [5, 5.41) is 12.0. The van der Waals surface area contributed by atoms with Crippen LogP contribution in [0.4, 0.5) is 5.69 Å². The maximum atomic E-state index is 12.7. The quantitative estimate of drug-likeness (QED) is 0.831. The summed E-state index contributed by atoms with van der Waals surface area (Å²) >= 11 is 0. The molecule has 2 unspecified atom stereocenters. The number of hydrogen-bond donors (Lipinski definition) is 2. The highest BCUT2D eigenvalue weighted by Crippen LogP contribution is 2.18. The molecular formula is C17H20N2O6. The van der Waals surface area contributed by atoms with Gasteiger partial charge in [-0.3, -0.25) is 9.59 Å². The van der Waals surface area contributed by atoms with E-state index < -0.39 is 24.0 Å². The van der Waals surface area contributed by atoms with Gasteiger partial charge in [0.25, 0.3) is 11.8 Å². The summed E-state index contributed by atoms with van der Waals surface area (Å²) in [4.78, 5) is 37.4. The fourth-order valence-electron chi connectivity index (χ4n) is 2.95. The Bertz CT molecular complexity index is 671. The largest absolute Gasteiger partial charge is 0.480 e. The Labute approximate surface area is 144 Å². The van der Waals surface area contributed by atoms with Crippen LogP contribution in [0.1, 0.15) is 23.2 Å². The number of morpholine rings is 1. The lowest BCUT2D eigenvalue weighted by molar-refractivity contribution is -0.147. The minimum atomic E-state index is -1.10. The summed E-state index contributed by atoms with van der Waals surface area (Å²) < 4.78 is 10.5. The lowest BCUT2D eigenvalue weighted by Gasteiger charge is -2.33. The summed E-state index contributed by atoms with van der Waals surface area (Å²) in [6.45, 7) is 1.05. The van der Waals surface area contributed by atoms with E-state index in [1.165, 1.54) is 4.90 Å². The van der Waals surface area contributed by atoms with Gasteiger partial charge in [-0.1, -0.05) is 6.07 Å². The summed E-state index contributed by atoms with van der Waals surface area (Å²) in [5.41, 5.74) is 0.796. The van der Waals surface area contributed by atoms with Gasteiger partial charge in [0, 0.05) is 24.4 Å². The average molecular weight is 348 g/mol. The Morgan fingerprint density at radius 2 is 2.08 bits per heavy atom. The van der Waals surface area contributed by atoms with Crippen LogP contribution < -0.4 is 5.32 Å². The lowest BCUT2D eigenvalue weighted by Crippen LogP contribution is -2.52. The monoisotopic (exact) mass is 348 g/mol. The van der Waals surface area contributed by atoms with Gasteiger partial charge in [-0.25, -0.2) is 4.79 Å². The summed E-state index contributed by atoms with van der Waals surface area (Å²) in [6.07, 6.45) is 1.07. The Morgan fingerprint density at radius 1 is 1.24 bits per heavy atom. The van der Waals surface area contributed by atoms with E-state index in [4.69, 9.17) is 9.47 Å². The number of carboxylic acids is 1. The van der Waals surface area contributed by atoms with Gasteiger partial charge >= 0.3 is 5.97 Å². The minimum Gasteiger partial charge on any atom is -0.480 e. The number of nitrogens with zero attached hydrogens (tertiary/aromatic N) is 1. The number of amides is 2. The van der Waals surface area contributed by atoms with Crippen molar-refractivity contribution in [3.05, 3.63) is 29.8 Å². The molecule has 3 rings (SSSR count). The van der Waals surface area contributed by atoms with Crippen LogP contribution in [0.3, 0.4) is 0 Å². The lowest BCUT2D eigenvalue weighted by atomic mass is 10.1. The fraction of sp³-hybridized carbons (Fsp3) is 0.471. The van der Waals surface area contributed by atoms with Crippen molar-refractivity contribution < 1.29 is 29.0 Å².